The molecule has 6 heteroatoms. The van der Waals surface area contributed by atoms with Crippen molar-refractivity contribution < 1.29 is 0 Å². The average molecular weight is 397 g/mol. The highest BCUT2D eigenvalue weighted by Gasteiger charge is 2.35. The van der Waals surface area contributed by atoms with Crippen LogP contribution in [0, 0.1) is 5.92 Å². The van der Waals surface area contributed by atoms with Gasteiger partial charge in [0.25, 0.3) is 5.56 Å². The first kappa shape index (κ1) is 17.6. The molecule has 0 N–H and O–H groups in total. The molecule has 6 heterocycles. The van der Waals surface area contributed by atoms with Crippen LogP contribution < -0.4 is 5.56 Å². The molecule has 4 aromatic rings. The summed E-state index contributed by atoms with van der Waals surface area (Å²) in [7, 11) is 0. The lowest BCUT2D eigenvalue weighted by Gasteiger charge is -2.42. The van der Waals surface area contributed by atoms with Gasteiger partial charge in [0.1, 0.15) is 5.65 Å². The number of hydrogen-bond donors (Lipinski definition) is 0. The van der Waals surface area contributed by atoms with Crippen molar-refractivity contribution in [3.63, 3.8) is 0 Å². The average Bonchev–Trinajstić information content (AvgIpc) is 3.17. The highest BCUT2D eigenvalue weighted by atomic mass is 16.1. The third kappa shape index (κ3) is 3.04. The normalized spacial score (nSPS) is 20.9. The van der Waals surface area contributed by atoms with Gasteiger partial charge in [-0.1, -0.05) is 12.1 Å². The van der Waals surface area contributed by atoms with Crippen LogP contribution in [0.5, 0.6) is 0 Å². The number of pyridine rings is 3. The predicted octanol–water partition coefficient (Wildman–Crippen LogP) is 3.18. The van der Waals surface area contributed by atoms with Gasteiger partial charge in [-0.2, -0.15) is 0 Å². The number of fused-ring (bicyclic) bond motifs is 5. The maximum atomic E-state index is 12.9. The molecule has 2 bridgehead atoms. The van der Waals surface area contributed by atoms with Crippen molar-refractivity contribution in [2.45, 2.75) is 25.4 Å². The van der Waals surface area contributed by atoms with Crippen molar-refractivity contribution in [3.8, 4) is 11.3 Å². The van der Waals surface area contributed by atoms with Gasteiger partial charge in [0, 0.05) is 68.0 Å². The first-order chi connectivity index (χ1) is 14.7. The number of imidazole rings is 1. The van der Waals surface area contributed by atoms with E-state index < -0.39 is 0 Å². The quantitative estimate of drug-likeness (QED) is 0.533. The van der Waals surface area contributed by atoms with E-state index in [9.17, 15) is 4.79 Å². The Balaban J connectivity index is 1.30. The van der Waals surface area contributed by atoms with Crippen LogP contribution in [0.2, 0.25) is 0 Å². The van der Waals surface area contributed by atoms with E-state index in [1.54, 1.807) is 12.3 Å². The highest BCUT2D eigenvalue weighted by molar-refractivity contribution is 5.59. The molecule has 2 aliphatic heterocycles. The molecule has 0 unspecified atom stereocenters. The van der Waals surface area contributed by atoms with Gasteiger partial charge in [0.15, 0.2) is 0 Å². The molecular weight excluding hydrogens is 374 g/mol. The number of rotatable bonds is 3. The van der Waals surface area contributed by atoms with E-state index in [-0.39, 0.29) is 5.56 Å². The van der Waals surface area contributed by atoms with E-state index in [1.807, 2.05) is 47.2 Å². The van der Waals surface area contributed by atoms with Gasteiger partial charge in [0.05, 0.1) is 11.4 Å². The minimum absolute atomic E-state index is 0.0941. The third-order valence-electron chi connectivity index (χ3n) is 6.39. The van der Waals surface area contributed by atoms with E-state index >= 15 is 0 Å². The van der Waals surface area contributed by atoms with Crippen LogP contribution in [0.25, 0.3) is 16.9 Å². The first-order valence-corrected chi connectivity index (χ1v) is 10.5. The highest BCUT2D eigenvalue weighted by Crippen LogP contribution is 2.36. The lowest BCUT2D eigenvalue weighted by Crippen LogP contribution is -2.46. The van der Waals surface area contributed by atoms with Gasteiger partial charge in [-0.3, -0.25) is 14.7 Å². The molecule has 6 nitrogen and oxygen atoms in total. The molecule has 0 amide bonds. The molecular formula is C24H23N5O. The Morgan fingerprint density at radius 2 is 1.97 bits per heavy atom. The molecule has 30 heavy (non-hydrogen) atoms. The number of likely N-dealkylation sites (tertiary alicyclic amines) is 1. The Hall–Kier alpha value is -3.25. The number of nitrogens with zero attached hydrogens (tertiary/aromatic N) is 5. The fourth-order valence-electron chi connectivity index (χ4n) is 5.16. The van der Waals surface area contributed by atoms with Crippen LogP contribution >= 0.6 is 0 Å². The van der Waals surface area contributed by atoms with E-state index in [2.05, 4.69) is 26.5 Å². The molecule has 0 saturated carbocycles. The maximum absolute atomic E-state index is 12.9. The zero-order valence-electron chi connectivity index (χ0n) is 16.7. The third-order valence-corrected chi connectivity index (χ3v) is 6.39. The molecule has 1 fully saturated rings. The topological polar surface area (TPSA) is 55.4 Å². The molecule has 4 aromatic heterocycles. The van der Waals surface area contributed by atoms with E-state index in [1.165, 1.54) is 0 Å². The van der Waals surface area contributed by atoms with E-state index in [0.29, 0.717) is 11.8 Å². The standard InChI is InChI=1S/C24H23N5O/c30-24-11-18(21-5-1-3-7-25-21)10-22-19-9-17(13-29(22)24)12-27(14-19)15-20-16-28-8-4-2-6-23(28)26-20/h1-8,10-11,16-17,19H,9,12-15H2/t17-,19+/m0/s1. The monoisotopic (exact) mass is 397 g/mol. The molecule has 6 rings (SSSR count). The van der Waals surface area contributed by atoms with Crippen LogP contribution in [0.4, 0.5) is 0 Å². The van der Waals surface area contributed by atoms with Crippen LogP contribution in [0.15, 0.2) is 71.9 Å². The molecule has 2 aliphatic rings. The fourth-order valence-corrected chi connectivity index (χ4v) is 5.16. The summed E-state index contributed by atoms with van der Waals surface area (Å²) >= 11 is 0. The largest absolute Gasteiger partial charge is 0.312 e. The second-order valence-corrected chi connectivity index (χ2v) is 8.52. The van der Waals surface area contributed by atoms with Crippen LogP contribution in [-0.2, 0) is 13.1 Å². The maximum Gasteiger partial charge on any atom is 0.251 e. The second kappa shape index (κ2) is 6.92. The molecule has 1 saturated heterocycles. The summed E-state index contributed by atoms with van der Waals surface area (Å²) in [6, 6.07) is 15.8. The van der Waals surface area contributed by atoms with Gasteiger partial charge >= 0.3 is 0 Å². The molecule has 0 aliphatic carbocycles. The van der Waals surface area contributed by atoms with Gasteiger partial charge in [-0.05, 0) is 42.7 Å². The summed E-state index contributed by atoms with van der Waals surface area (Å²) < 4.78 is 4.07. The Morgan fingerprint density at radius 1 is 1.03 bits per heavy atom. The molecule has 0 radical (unpaired) electrons. The van der Waals surface area contributed by atoms with E-state index in [4.69, 9.17) is 4.98 Å². The van der Waals surface area contributed by atoms with Crippen LogP contribution in [0.3, 0.4) is 0 Å². The Morgan fingerprint density at radius 3 is 2.83 bits per heavy atom. The van der Waals surface area contributed by atoms with Crippen molar-refractivity contribution in [1.29, 1.82) is 0 Å². The second-order valence-electron chi connectivity index (χ2n) is 8.52. The fraction of sp³-hybridized carbons (Fsp3) is 0.292. The Kier molecular flexibility index (Phi) is 4.06. The smallest absolute Gasteiger partial charge is 0.251 e. The van der Waals surface area contributed by atoms with E-state index in [0.717, 1.165) is 60.9 Å². The first-order valence-electron chi connectivity index (χ1n) is 10.5. The molecule has 0 spiro atoms. The zero-order chi connectivity index (χ0) is 20.1. The minimum atomic E-state index is 0.0941. The lowest BCUT2D eigenvalue weighted by molar-refractivity contribution is 0.113. The molecule has 150 valence electrons. The van der Waals surface area contributed by atoms with Crippen molar-refractivity contribution >= 4 is 5.65 Å². The van der Waals surface area contributed by atoms with Gasteiger partial charge < -0.3 is 8.97 Å². The zero-order valence-corrected chi connectivity index (χ0v) is 16.7. The van der Waals surface area contributed by atoms with Crippen molar-refractivity contribution in [2.24, 2.45) is 5.92 Å². The number of aromatic nitrogens is 4. The summed E-state index contributed by atoms with van der Waals surface area (Å²) in [5.74, 6) is 0.873. The van der Waals surface area contributed by atoms with Gasteiger partial charge in [-0.15, -0.1) is 0 Å². The summed E-state index contributed by atoms with van der Waals surface area (Å²) in [6.45, 7) is 3.61. The summed E-state index contributed by atoms with van der Waals surface area (Å²) in [5.41, 5.74) is 5.11. The van der Waals surface area contributed by atoms with Crippen molar-refractivity contribution in [2.75, 3.05) is 13.1 Å². The van der Waals surface area contributed by atoms with Crippen molar-refractivity contribution in [1.82, 2.24) is 23.8 Å². The summed E-state index contributed by atoms with van der Waals surface area (Å²) in [5, 5.41) is 0. The minimum Gasteiger partial charge on any atom is -0.312 e. The molecule has 0 aromatic carbocycles. The number of piperidine rings is 1. The Bertz CT molecular complexity index is 1240. The summed E-state index contributed by atoms with van der Waals surface area (Å²) in [6.07, 6.45) is 7.09. The molecule has 2 atom stereocenters. The Labute approximate surface area is 174 Å². The lowest BCUT2D eigenvalue weighted by atomic mass is 9.82. The van der Waals surface area contributed by atoms with Crippen molar-refractivity contribution in [3.05, 3.63) is 88.9 Å². The van der Waals surface area contributed by atoms with Crippen LogP contribution in [0.1, 0.15) is 23.7 Å². The SMILES string of the molecule is O=c1cc(-c2ccccn2)cc2n1C[C@H]1C[C@@H]2CN(Cc2cn3ccccc3n2)C1. The predicted molar refractivity (Wildman–Crippen MR) is 115 cm³/mol. The van der Waals surface area contributed by atoms with Gasteiger partial charge in [0.2, 0.25) is 0 Å². The number of hydrogen-bond acceptors (Lipinski definition) is 4. The van der Waals surface area contributed by atoms with Gasteiger partial charge in [-0.25, -0.2) is 4.98 Å². The van der Waals surface area contributed by atoms with Crippen LogP contribution in [-0.4, -0.2) is 36.9 Å². The summed E-state index contributed by atoms with van der Waals surface area (Å²) in [4.78, 5) is 24.6.